The van der Waals surface area contributed by atoms with E-state index < -0.39 is 0 Å². The quantitative estimate of drug-likeness (QED) is 0.592. The number of hydrogen-bond donors (Lipinski definition) is 0. The van der Waals surface area contributed by atoms with Gasteiger partial charge in [-0.05, 0) is 39.3 Å². The van der Waals surface area contributed by atoms with E-state index in [-0.39, 0.29) is 0 Å². The molecule has 1 aliphatic rings. The highest BCUT2D eigenvalue weighted by atomic mass is 15.1. The molecule has 0 aromatic heterocycles. The Morgan fingerprint density at radius 3 is 2.27 bits per heavy atom. The summed E-state index contributed by atoms with van der Waals surface area (Å²) in [7, 11) is 4.38. The maximum Gasteiger partial charge on any atom is 0.00916 e. The van der Waals surface area contributed by atoms with Gasteiger partial charge in [0.1, 0.15) is 0 Å². The second-order valence-corrected chi connectivity index (χ2v) is 4.28. The topological polar surface area (TPSA) is 3.24 Å². The Hall–Kier alpha value is -0.0400. The third-order valence-corrected chi connectivity index (χ3v) is 3.36. The third kappa shape index (κ3) is 1.96. The second-order valence-electron chi connectivity index (χ2n) is 4.28. The molecule has 1 saturated carbocycles. The van der Waals surface area contributed by atoms with E-state index in [1.54, 1.807) is 0 Å². The number of rotatable bonds is 2. The molecule has 66 valence electrons. The number of nitrogens with zero attached hydrogens (tertiary/aromatic N) is 1. The van der Waals surface area contributed by atoms with Crippen LogP contribution in [0.3, 0.4) is 0 Å². The van der Waals surface area contributed by atoms with Gasteiger partial charge in [0.15, 0.2) is 0 Å². The molecule has 1 rings (SSSR count). The maximum absolute atomic E-state index is 2.40. The van der Waals surface area contributed by atoms with Gasteiger partial charge < -0.3 is 4.90 Å². The molecule has 1 fully saturated rings. The highest BCUT2D eigenvalue weighted by molar-refractivity contribution is 4.81. The van der Waals surface area contributed by atoms with Crippen LogP contribution in [-0.4, -0.2) is 25.0 Å². The van der Waals surface area contributed by atoms with Crippen molar-refractivity contribution in [3.63, 3.8) is 0 Å². The molecule has 1 nitrogen and oxygen atoms in total. The molecule has 1 aliphatic carbocycles. The minimum atomic E-state index is 0.771. The highest BCUT2D eigenvalue weighted by Gasteiger charge is 2.28. The largest absolute Gasteiger partial charge is 0.306 e. The summed E-state index contributed by atoms with van der Waals surface area (Å²) in [6.45, 7) is 4.75. The van der Waals surface area contributed by atoms with Crippen LogP contribution >= 0.6 is 0 Å². The van der Waals surface area contributed by atoms with E-state index in [0.29, 0.717) is 0 Å². The lowest BCUT2D eigenvalue weighted by Crippen LogP contribution is -2.33. The summed E-state index contributed by atoms with van der Waals surface area (Å²) in [6.07, 6.45) is 4.34. The van der Waals surface area contributed by atoms with Crippen molar-refractivity contribution in [3.8, 4) is 0 Å². The van der Waals surface area contributed by atoms with Gasteiger partial charge >= 0.3 is 0 Å². The monoisotopic (exact) mass is 155 g/mol. The van der Waals surface area contributed by atoms with E-state index in [4.69, 9.17) is 0 Å². The molecule has 3 atom stereocenters. The average Bonchev–Trinajstić information content (AvgIpc) is 2.33. The van der Waals surface area contributed by atoms with Gasteiger partial charge in [-0.15, -0.1) is 0 Å². The standard InChI is InChI=1S/C10H21N/c1-8-6-5-7-10(8)9(2)11(3)4/h8-10H,5-7H2,1-4H3/t8?,9-,10?/m0/s1. The van der Waals surface area contributed by atoms with Crippen molar-refractivity contribution in [3.05, 3.63) is 0 Å². The Morgan fingerprint density at radius 1 is 1.27 bits per heavy atom. The molecule has 0 spiro atoms. The molecule has 0 aromatic carbocycles. The Morgan fingerprint density at radius 2 is 1.91 bits per heavy atom. The Balaban J connectivity index is 2.45. The fraction of sp³-hybridized carbons (Fsp3) is 1.00. The SMILES string of the molecule is CC1CCCC1[C@H](C)N(C)C. The van der Waals surface area contributed by atoms with Gasteiger partial charge in [-0.25, -0.2) is 0 Å². The molecular formula is C10H21N. The van der Waals surface area contributed by atoms with Crippen molar-refractivity contribution in [2.24, 2.45) is 11.8 Å². The van der Waals surface area contributed by atoms with Crippen LogP contribution in [0.2, 0.25) is 0 Å². The smallest absolute Gasteiger partial charge is 0.00916 e. The van der Waals surface area contributed by atoms with E-state index >= 15 is 0 Å². The Labute approximate surface area is 70.8 Å². The molecule has 0 aromatic rings. The fourth-order valence-corrected chi connectivity index (χ4v) is 2.27. The lowest BCUT2D eigenvalue weighted by Gasteiger charge is -2.29. The first-order valence-electron chi connectivity index (χ1n) is 4.79. The normalized spacial score (nSPS) is 34.6. The van der Waals surface area contributed by atoms with Gasteiger partial charge in [0.05, 0.1) is 0 Å². The van der Waals surface area contributed by atoms with Crippen molar-refractivity contribution in [2.75, 3.05) is 14.1 Å². The number of hydrogen-bond acceptors (Lipinski definition) is 1. The molecular weight excluding hydrogens is 134 g/mol. The molecule has 0 N–H and O–H groups in total. The van der Waals surface area contributed by atoms with E-state index in [1.165, 1.54) is 19.3 Å². The molecule has 0 heterocycles. The average molecular weight is 155 g/mol. The first-order chi connectivity index (χ1) is 5.13. The summed E-state index contributed by atoms with van der Waals surface area (Å²) in [5, 5.41) is 0. The van der Waals surface area contributed by atoms with Crippen molar-refractivity contribution in [2.45, 2.75) is 39.2 Å². The molecule has 0 bridgehead atoms. The zero-order chi connectivity index (χ0) is 8.43. The zero-order valence-electron chi connectivity index (χ0n) is 8.30. The lowest BCUT2D eigenvalue weighted by atomic mass is 9.91. The van der Waals surface area contributed by atoms with Crippen LogP contribution in [0.5, 0.6) is 0 Å². The molecule has 11 heavy (non-hydrogen) atoms. The van der Waals surface area contributed by atoms with Gasteiger partial charge in [-0.2, -0.15) is 0 Å². The summed E-state index contributed by atoms with van der Waals surface area (Å²) in [4.78, 5) is 2.35. The summed E-state index contributed by atoms with van der Waals surface area (Å²) >= 11 is 0. The predicted molar refractivity (Wildman–Crippen MR) is 49.7 cm³/mol. The van der Waals surface area contributed by atoms with Crippen molar-refractivity contribution >= 4 is 0 Å². The lowest BCUT2D eigenvalue weighted by molar-refractivity contribution is 0.197. The van der Waals surface area contributed by atoms with Crippen LogP contribution in [-0.2, 0) is 0 Å². The van der Waals surface area contributed by atoms with Gasteiger partial charge in [-0.1, -0.05) is 19.8 Å². The fourth-order valence-electron chi connectivity index (χ4n) is 2.27. The molecule has 2 unspecified atom stereocenters. The molecule has 0 saturated heterocycles. The van der Waals surface area contributed by atoms with Crippen LogP contribution in [0.4, 0.5) is 0 Å². The first-order valence-corrected chi connectivity index (χ1v) is 4.79. The van der Waals surface area contributed by atoms with E-state index in [1.807, 2.05) is 0 Å². The van der Waals surface area contributed by atoms with Gasteiger partial charge in [0.25, 0.3) is 0 Å². The van der Waals surface area contributed by atoms with Gasteiger partial charge in [0, 0.05) is 6.04 Å². The third-order valence-electron chi connectivity index (χ3n) is 3.36. The summed E-state index contributed by atoms with van der Waals surface area (Å²) < 4.78 is 0. The Kier molecular flexibility index (Phi) is 2.94. The van der Waals surface area contributed by atoms with E-state index in [0.717, 1.165) is 17.9 Å². The maximum atomic E-state index is 2.40. The second kappa shape index (κ2) is 3.57. The van der Waals surface area contributed by atoms with E-state index in [9.17, 15) is 0 Å². The Bertz CT molecular complexity index is 120. The zero-order valence-corrected chi connectivity index (χ0v) is 8.30. The predicted octanol–water partition coefficient (Wildman–Crippen LogP) is 2.37. The highest BCUT2D eigenvalue weighted by Crippen LogP contribution is 2.34. The molecule has 1 heteroatoms. The minimum Gasteiger partial charge on any atom is -0.306 e. The summed E-state index contributed by atoms with van der Waals surface area (Å²) in [5.74, 6) is 1.90. The first kappa shape index (κ1) is 9.05. The van der Waals surface area contributed by atoms with Crippen molar-refractivity contribution in [1.82, 2.24) is 4.90 Å². The molecule has 0 amide bonds. The van der Waals surface area contributed by atoms with Crippen LogP contribution in [0, 0.1) is 11.8 Å². The van der Waals surface area contributed by atoms with Gasteiger partial charge in [-0.3, -0.25) is 0 Å². The van der Waals surface area contributed by atoms with Gasteiger partial charge in [0.2, 0.25) is 0 Å². The minimum absolute atomic E-state index is 0.771. The summed E-state index contributed by atoms with van der Waals surface area (Å²) in [5.41, 5.74) is 0. The molecule has 0 radical (unpaired) electrons. The van der Waals surface area contributed by atoms with E-state index in [2.05, 4.69) is 32.8 Å². The van der Waals surface area contributed by atoms with Crippen LogP contribution < -0.4 is 0 Å². The summed E-state index contributed by atoms with van der Waals surface area (Å²) in [6, 6.07) is 0.771. The van der Waals surface area contributed by atoms with Crippen LogP contribution in [0.1, 0.15) is 33.1 Å². The van der Waals surface area contributed by atoms with Crippen LogP contribution in [0.15, 0.2) is 0 Å². The van der Waals surface area contributed by atoms with Crippen LogP contribution in [0.25, 0.3) is 0 Å². The van der Waals surface area contributed by atoms with Crippen molar-refractivity contribution < 1.29 is 0 Å². The molecule has 0 aliphatic heterocycles. The van der Waals surface area contributed by atoms with Crippen molar-refractivity contribution in [1.29, 1.82) is 0 Å².